The molecule has 1 aromatic heterocycles. The summed E-state index contributed by atoms with van der Waals surface area (Å²) >= 11 is 0. The number of fused-ring (bicyclic) bond motifs is 2. The second-order valence-corrected chi connectivity index (χ2v) is 8.02. The lowest BCUT2D eigenvalue weighted by atomic mass is 9.94. The van der Waals surface area contributed by atoms with Crippen LogP contribution in [0.1, 0.15) is 47.2 Å². The summed E-state index contributed by atoms with van der Waals surface area (Å²) in [6, 6.07) is 14.0. The van der Waals surface area contributed by atoms with Crippen LogP contribution in [-0.2, 0) is 11.8 Å². The zero-order chi connectivity index (χ0) is 19.7. The van der Waals surface area contributed by atoms with E-state index >= 15 is 0 Å². The number of amides is 1. The van der Waals surface area contributed by atoms with Gasteiger partial charge in [-0.05, 0) is 42.3 Å². The summed E-state index contributed by atoms with van der Waals surface area (Å²) in [6.45, 7) is 5.30. The summed E-state index contributed by atoms with van der Waals surface area (Å²) in [7, 11) is 0. The molecule has 0 saturated heterocycles. The highest BCUT2D eigenvalue weighted by atomic mass is 16.3. The number of carbonyl (C=O) groups excluding carboxylic acids is 1. The van der Waals surface area contributed by atoms with Crippen molar-refractivity contribution in [3.63, 3.8) is 0 Å². The van der Waals surface area contributed by atoms with Crippen LogP contribution in [0.3, 0.4) is 0 Å². The molecule has 0 bridgehead atoms. The lowest BCUT2D eigenvalue weighted by molar-refractivity contribution is 0.0949. The van der Waals surface area contributed by atoms with Crippen molar-refractivity contribution in [3.8, 4) is 0 Å². The molecule has 0 fully saturated rings. The van der Waals surface area contributed by atoms with Gasteiger partial charge in [0.25, 0.3) is 5.91 Å². The molecule has 1 atom stereocenters. The Balaban J connectivity index is 1.49. The van der Waals surface area contributed by atoms with Crippen molar-refractivity contribution in [2.75, 3.05) is 19.7 Å². The zero-order valence-corrected chi connectivity index (χ0v) is 16.2. The maximum Gasteiger partial charge on any atom is 0.251 e. The molecular weight excluding hydrogens is 352 g/mol. The number of benzene rings is 2. The molecule has 0 aliphatic carbocycles. The summed E-state index contributed by atoms with van der Waals surface area (Å²) in [5, 5.41) is 16.1. The third kappa shape index (κ3) is 3.53. The van der Waals surface area contributed by atoms with Gasteiger partial charge in [0.15, 0.2) is 0 Å². The van der Waals surface area contributed by atoms with E-state index in [0.717, 1.165) is 24.0 Å². The molecule has 1 amide bonds. The maximum absolute atomic E-state index is 12.7. The Kier molecular flexibility index (Phi) is 4.91. The highest BCUT2D eigenvalue weighted by Crippen LogP contribution is 2.24. The fraction of sp³-hybridized carbons (Fsp3) is 0.364. The number of carbonyl (C=O) groups is 1. The van der Waals surface area contributed by atoms with Crippen molar-refractivity contribution < 1.29 is 9.90 Å². The Morgan fingerprint density at radius 2 is 2.11 bits per heavy atom. The molecule has 1 unspecified atom stereocenters. The Labute approximate surface area is 164 Å². The average molecular weight is 378 g/mol. The number of hydrogen-bond acceptors (Lipinski definition) is 4. The van der Waals surface area contributed by atoms with E-state index in [-0.39, 0.29) is 18.6 Å². The minimum Gasteiger partial charge on any atom is -0.395 e. The molecule has 2 aromatic carbocycles. The number of H-pyrrole nitrogens is 1. The molecule has 0 radical (unpaired) electrons. The summed E-state index contributed by atoms with van der Waals surface area (Å²) in [5.41, 5.74) is 4.32. The van der Waals surface area contributed by atoms with Gasteiger partial charge in [-0.3, -0.25) is 4.79 Å². The molecule has 4 rings (SSSR count). The number of nitrogens with zero attached hydrogens (tertiary/aromatic N) is 1. The Morgan fingerprint density at radius 1 is 1.29 bits per heavy atom. The number of aliphatic hydroxyl groups excluding tert-OH is 1. The third-order valence-corrected chi connectivity index (χ3v) is 5.46. The van der Waals surface area contributed by atoms with Crippen LogP contribution in [0, 0.1) is 0 Å². The molecule has 2 heterocycles. The minimum atomic E-state index is -0.457. The minimum absolute atomic E-state index is 0.00394. The van der Waals surface area contributed by atoms with E-state index in [1.54, 1.807) is 6.07 Å². The van der Waals surface area contributed by atoms with E-state index in [4.69, 9.17) is 0 Å². The quantitative estimate of drug-likeness (QED) is 0.549. The first-order valence-corrected chi connectivity index (χ1v) is 9.68. The van der Waals surface area contributed by atoms with Gasteiger partial charge >= 0.3 is 0 Å². The molecule has 0 spiro atoms. The van der Waals surface area contributed by atoms with Crippen molar-refractivity contribution in [2.24, 2.45) is 0 Å². The smallest absolute Gasteiger partial charge is 0.251 e. The number of aromatic nitrogens is 2. The zero-order valence-electron chi connectivity index (χ0n) is 16.2. The highest BCUT2D eigenvalue weighted by Gasteiger charge is 2.24. The molecule has 3 aromatic rings. The van der Waals surface area contributed by atoms with Gasteiger partial charge in [-0.1, -0.05) is 38.1 Å². The summed E-state index contributed by atoms with van der Waals surface area (Å²) in [5.74, 6) is 0.606. The first-order valence-electron chi connectivity index (χ1n) is 9.68. The lowest BCUT2D eigenvalue weighted by Gasteiger charge is -2.27. The standard InChI is InChI=1S/C22H26N4O2/c1-22(2,13-27)21-25-17-8-7-15(11-18(17)26-21)20(28)24-12-19-16-6-4-3-5-14(16)9-10-23-19/h3-8,11,19,23,27H,9-10,12-13H2,1-2H3,(H,24,28)(H,25,26). The van der Waals surface area contributed by atoms with Crippen LogP contribution in [0.2, 0.25) is 0 Å². The number of aromatic amines is 1. The highest BCUT2D eigenvalue weighted by molar-refractivity contribution is 5.97. The molecular formula is C22H26N4O2. The van der Waals surface area contributed by atoms with Crippen molar-refractivity contribution >= 4 is 16.9 Å². The Morgan fingerprint density at radius 3 is 2.93 bits per heavy atom. The molecule has 4 N–H and O–H groups in total. The van der Waals surface area contributed by atoms with Crippen LogP contribution in [0.4, 0.5) is 0 Å². The number of imidazole rings is 1. The fourth-order valence-electron chi connectivity index (χ4n) is 3.62. The maximum atomic E-state index is 12.7. The van der Waals surface area contributed by atoms with E-state index in [1.807, 2.05) is 32.0 Å². The fourth-order valence-corrected chi connectivity index (χ4v) is 3.62. The van der Waals surface area contributed by atoms with Gasteiger partial charge in [0, 0.05) is 23.6 Å². The van der Waals surface area contributed by atoms with E-state index < -0.39 is 5.41 Å². The summed E-state index contributed by atoms with van der Waals surface area (Å²) in [6.07, 6.45) is 1.02. The normalized spacial score (nSPS) is 16.8. The number of nitrogens with one attached hydrogen (secondary N) is 3. The van der Waals surface area contributed by atoms with Crippen LogP contribution in [0.5, 0.6) is 0 Å². The van der Waals surface area contributed by atoms with Crippen LogP contribution >= 0.6 is 0 Å². The molecule has 6 heteroatoms. The summed E-state index contributed by atoms with van der Waals surface area (Å²) < 4.78 is 0. The van der Waals surface area contributed by atoms with Crippen molar-refractivity contribution in [1.29, 1.82) is 0 Å². The topological polar surface area (TPSA) is 90.0 Å². The van der Waals surface area contributed by atoms with E-state index in [2.05, 4.69) is 38.8 Å². The van der Waals surface area contributed by atoms with Gasteiger partial charge in [-0.25, -0.2) is 4.98 Å². The molecule has 146 valence electrons. The molecule has 1 aliphatic rings. The van der Waals surface area contributed by atoms with E-state index in [9.17, 15) is 9.90 Å². The van der Waals surface area contributed by atoms with Gasteiger partial charge in [0.05, 0.1) is 17.6 Å². The Bertz CT molecular complexity index is 1010. The third-order valence-electron chi connectivity index (χ3n) is 5.46. The van der Waals surface area contributed by atoms with Crippen LogP contribution in [0.25, 0.3) is 11.0 Å². The van der Waals surface area contributed by atoms with E-state index in [0.29, 0.717) is 17.9 Å². The largest absolute Gasteiger partial charge is 0.395 e. The van der Waals surface area contributed by atoms with Gasteiger partial charge < -0.3 is 20.7 Å². The molecule has 6 nitrogen and oxygen atoms in total. The average Bonchev–Trinajstić information content (AvgIpc) is 3.16. The number of hydrogen-bond donors (Lipinski definition) is 4. The number of aliphatic hydroxyl groups is 1. The van der Waals surface area contributed by atoms with Crippen LogP contribution in [0.15, 0.2) is 42.5 Å². The Hall–Kier alpha value is -2.70. The van der Waals surface area contributed by atoms with Crippen molar-refractivity contribution in [3.05, 3.63) is 65.0 Å². The van der Waals surface area contributed by atoms with Crippen molar-refractivity contribution in [2.45, 2.75) is 31.7 Å². The van der Waals surface area contributed by atoms with Crippen molar-refractivity contribution in [1.82, 2.24) is 20.6 Å². The van der Waals surface area contributed by atoms with Gasteiger partial charge in [0.2, 0.25) is 0 Å². The van der Waals surface area contributed by atoms with Crippen LogP contribution < -0.4 is 10.6 Å². The monoisotopic (exact) mass is 378 g/mol. The second-order valence-electron chi connectivity index (χ2n) is 8.02. The van der Waals surface area contributed by atoms with Crippen LogP contribution in [-0.4, -0.2) is 40.7 Å². The molecule has 0 saturated carbocycles. The van der Waals surface area contributed by atoms with Gasteiger partial charge in [-0.2, -0.15) is 0 Å². The predicted molar refractivity (Wildman–Crippen MR) is 109 cm³/mol. The molecule has 28 heavy (non-hydrogen) atoms. The lowest BCUT2D eigenvalue weighted by Crippen LogP contribution is -2.38. The first-order chi connectivity index (χ1) is 13.5. The van der Waals surface area contributed by atoms with Gasteiger partial charge in [0.1, 0.15) is 5.82 Å². The predicted octanol–water partition coefficient (Wildman–Crippen LogP) is 2.45. The molecule has 1 aliphatic heterocycles. The van der Waals surface area contributed by atoms with E-state index in [1.165, 1.54) is 11.1 Å². The first kappa shape index (κ1) is 18.7. The van der Waals surface area contributed by atoms with Gasteiger partial charge in [-0.15, -0.1) is 0 Å². The summed E-state index contributed by atoms with van der Waals surface area (Å²) in [4.78, 5) is 20.5. The second kappa shape index (κ2) is 7.37. The SMILES string of the molecule is CC(C)(CO)c1nc2ccc(C(=O)NCC3NCCc4ccccc43)cc2[nH]1. The number of rotatable bonds is 5.